The number of hydrogen-bond acceptors (Lipinski definition) is 4. The fourth-order valence-electron chi connectivity index (χ4n) is 3.76. The number of benzene rings is 2. The summed E-state index contributed by atoms with van der Waals surface area (Å²) in [6, 6.07) is 14.1. The summed E-state index contributed by atoms with van der Waals surface area (Å²) >= 11 is 0. The standard InChI is InChI=1S/C20H21N3O3S/c1-2-14-8-3-5-10-16(14)21-20(24)17-11-7-13-23(17)19-15-9-4-6-12-18(15)27(25,26)22-19/h3-6,8-10,12,17H,2,7,11,13H2,1H3,(H,21,24)/t17-/m0/s1. The van der Waals surface area contributed by atoms with Crippen LogP contribution in [0.15, 0.2) is 57.8 Å². The molecule has 0 saturated carbocycles. The quantitative estimate of drug-likeness (QED) is 0.884. The molecular weight excluding hydrogens is 362 g/mol. The Hall–Kier alpha value is -2.67. The van der Waals surface area contributed by atoms with Gasteiger partial charge in [-0.1, -0.05) is 37.3 Å². The summed E-state index contributed by atoms with van der Waals surface area (Å²) in [6.07, 6.45) is 2.30. The van der Waals surface area contributed by atoms with Crippen molar-refractivity contribution in [2.45, 2.75) is 37.1 Å². The highest BCUT2D eigenvalue weighted by atomic mass is 32.2. The van der Waals surface area contributed by atoms with Gasteiger partial charge in [0, 0.05) is 17.8 Å². The first-order valence-electron chi connectivity index (χ1n) is 9.11. The van der Waals surface area contributed by atoms with Crippen molar-refractivity contribution < 1.29 is 13.2 Å². The molecule has 6 nitrogen and oxygen atoms in total. The number of nitrogens with one attached hydrogen (secondary N) is 1. The molecule has 2 aromatic carbocycles. The second kappa shape index (κ2) is 6.81. The van der Waals surface area contributed by atoms with Gasteiger partial charge in [0.2, 0.25) is 5.91 Å². The molecule has 0 aromatic heterocycles. The molecule has 2 aliphatic rings. The summed E-state index contributed by atoms with van der Waals surface area (Å²) in [5, 5.41) is 3.02. The Balaban J connectivity index is 1.63. The second-order valence-electron chi connectivity index (χ2n) is 6.74. The average Bonchev–Trinajstić information content (AvgIpc) is 3.25. The summed E-state index contributed by atoms with van der Waals surface area (Å²) in [6.45, 7) is 2.65. The third-order valence-corrected chi connectivity index (χ3v) is 6.42. The Labute approximate surface area is 159 Å². The highest BCUT2D eigenvalue weighted by Gasteiger charge is 2.39. The molecule has 4 rings (SSSR count). The van der Waals surface area contributed by atoms with Crippen molar-refractivity contribution in [2.24, 2.45) is 4.40 Å². The minimum absolute atomic E-state index is 0.127. The highest BCUT2D eigenvalue weighted by molar-refractivity contribution is 7.90. The minimum Gasteiger partial charge on any atom is -0.343 e. The number of hydrogen-bond donors (Lipinski definition) is 1. The van der Waals surface area contributed by atoms with E-state index < -0.39 is 16.1 Å². The van der Waals surface area contributed by atoms with Gasteiger partial charge in [0.25, 0.3) is 10.0 Å². The molecule has 2 heterocycles. The predicted molar refractivity (Wildman–Crippen MR) is 104 cm³/mol. The minimum atomic E-state index is -3.70. The number of para-hydroxylation sites is 1. The van der Waals surface area contributed by atoms with Crippen molar-refractivity contribution in [1.29, 1.82) is 0 Å². The SMILES string of the molecule is CCc1ccccc1NC(=O)[C@@H]1CCCN1C1=NS(=O)(=O)c2ccccc21. The number of amides is 1. The third kappa shape index (κ3) is 3.12. The number of sulfonamides is 1. The molecule has 1 N–H and O–H groups in total. The van der Waals surface area contributed by atoms with Crippen LogP contribution in [0.25, 0.3) is 0 Å². The van der Waals surface area contributed by atoms with Gasteiger partial charge in [-0.25, -0.2) is 0 Å². The molecule has 0 bridgehead atoms. The van der Waals surface area contributed by atoms with Crippen molar-refractivity contribution in [3.63, 3.8) is 0 Å². The maximum atomic E-state index is 13.0. The van der Waals surface area contributed by atoms with E-state index in [1.165, 1.54) is 0 Å². The number of fused-ring (bicyclic) bond motifs is 1. The van der Waals surface area contributed by atoms with E-state index in [0.29, 0.717) is 24.4 Å². The molecule has 1 fully saturated rings. The van der Waals surface area contributed by atoms with Crippen molar-refractivity contribution >= 4 is 27.5 Å². The molecule has 0 radical (unpaired) electrons. The molecule has 1 amide bonds. The van der Waals surface area contributed by atoms with Gasteiger partial charge in [-0.15, -0.1) is 4.40 Å². The van der Waals surface area contributed by atoms with Crippen LogP contribution < -0.4 is 5.32 Å². The van der Waals surface area contributed by atoms with Gasteiger partial charge >= 0.3 is 0 Å². The van der Waals surface area contributed by atoms with E-state index in [9.17, 15) is 13.2 Å². The Bertz CT molecular complexity index is 1030. The summed E-state index contributed by atoms with van der Waals surface area (Å²) in [4.78, 5) is 15.0. The van der Waals surface area contributed by atoms with E-state index in [1.54, 1.807) is 24.3 Å². The zero-order chi connectivity index (χ0) is 19.0. The molecule has 1 saturated heterocycles. The summed E-state index contributed by atoms with van der Waals surface area (Å²) in [5.74, 6) is 0.255. The number of carbonyl (C=O) groups excluding carboxylic acids is 1. The van der Waals surface area contributed by atoms with Crippen LogP contribution in [0.5, 0.6) is 0 Å². The van der Waals surface area contributed by atoms with Gasteiger partial charge in [0.15, 0.2) is 5.84 Å². The lowest BCUT2D eigenvalue weighted by Crippen LogP contribution is -2.43. The Morgan fingerprint density at radius 2 is 1.93 bits per heavy atom. The first-order valence-corrected chi connectivity index (χ1v) is 10.5. The van der Waals surface area contributed by atoms with Gasteiger partial charge < -0.3 is 10.2 Å². The monoisotopic (exact) mass is 383 g/mol. The number of anilines is 1. The van der Waals surface area contributed by atoms with Crippen LogP contribution >= 0.6 is 0 Å². The number of rotatable bonds is 3. The number of amidine groups is 1. The van der Waals surface area contributed by atoms with Crippen LogP contribution in [-0.2, 0) is 21.2 Å². The maximum Gasteiger partial charge on any atom is 0.285 e. The van der Waals surface area contributed by atoms with Crippen molar-refractivity contribution in [3.8, 4) is 0 Å². The van der Waals surface area contributed by atoms with E-state index in [0.717, 1.165) is 24.1 Å². The molecule has 0 aliphatic carbocycles. The Morgan fingerprint density at radius 3 is 2.74 bits per heavy atom. The van der Waals surface area contributed by atoms with Gasteiger partial charge in [-0.05, 0) is 43.0 Å². The van der Waals surface area contributed by atoms with Gasteiger partial charge in [0.1, 0.15) is 10.9 Å². The van der Waals surface area contributed by atoms with Gasteiger partial charge in [0.05, 0.1) is 0 Å². The molecule has 0 unspecified atom stereocenters. The lowest BCUT2D eigenvalue weighted by molar-refractivity contribution is -0.119. The van der Waals surface area contributed by atoms with Crippen LogP contribution in [0, 0.1) is 0 Å². The normalized spacial score (nSPS) is 20.3. The first-order chi connectivity index (χ1) is 13.0. The molecule has 140 valence electrons. The van der Waals surface area contributed by atoms with E-state index in [2.05, 4.69) is 9.71 Å². The molecular formula is C20H21N3O3S. The number of likely N-dealkylation sites (tertiary alicyclic amines) is 1. The van der Waals surface area contributed by atoms with E-state index in [1.807, 2.05) is 36.1 Å². The molecule has 7 heteroatoms. The lowest BCUT2D eigenvalue weighted by Gasteiger charge is -2.26. The van der Waals surface area contributed by atoms with Crippen LogP contribution in [0.1, 0.15) is 30.9 Å². The molecule has 27 heavy (non-hydrogen) atoms. The topological polar surface area (TPSA) is 78.8 Å². The summed E-state index contributed by atoms with van der Waals surface area (Å²) in [7, 11) is -3.70. The number of aryl methyl sites for hydroxylation is 1. The smallest absolute Gasteiger partial charge is 0.285 e. The Morgan fingerprint density at radius 1 is 1.19 bits per heavy atom. The zero-order valence-electron chi connectivity index (χ0n) is 15.1. The number of nitrogens with zero attached hydrogens (tertiary/aromatic N) is 2. The fourth-order valence-corrected chi connectivity index (χ4v) is 4.97. The first kappa shape index (κ1) is 17.7. The van der Waals surface area contributed by atoms with Crippen LogP contribution in [0.3, 0.4) is 0 Å². The van der Waals surface area contributed by atoms with Crippen molar-refractivity contribution in [3.05, 3.63) is 59.7 Å². The van der Waals surface area contributed by atoms with E-state index in [-0.39, 0.29) is 10.8 Å². The molecule has 1 atom stereocenters. The second-order valence-corrected chi connectivity index (χ2v) is 8.31. The fraction of sp³-hybridized carbons (Fsp3) is 0.300. The van der Waals surface area contributed by atoms with Crippen LogP contribution in [0.2, 0.25) is 0 Å². The third-order valence-electron chi connectivity index (χ3n) is 5.10. The summed E-state index contributed by atoms with van der Waals surface area (Å²) in [5.41, 5.74) is 2.45. The Kier molecular flexibility index (Phi) is 4.47. The lowest BCUT2D eigenvalue weighted by atomic mass is 10.1. The predicted octanol–water partition coefficient (Wildman–Crippen LogP) is 2.80. The molecule has 0 spiro atoms. The molecule has 2 aliphatic heterocycles. The number of carbonyl (C=O) groups is 1. The van der Waals surface area contributed by atoms with Crippen LogP contribution in [-0.4, -0.2) is 37.6 Å². The largest absolute Gasteiger partial charge is 0.343 e. The molecule has 2 aromatic rings. The summed E-state index contributed by atoms with van der Waals surface area (Å²) < 4.78 is 28.7. The zero-order valence-corrected chi connectivity index (χ0v) is 15.9. The van der Waals surface area contributed by atoms with E-state index in [4.69, 9.17) is 0 Å². The highest BCUT2D eigenvalue weighted by Crippen LogP contribution is 2.31. The van der Waals surface area contributed by atoms with Crippen LogP contribution in [0.4, 0.5) is 5.69 Å². The van der Waals surface area contributed by atoms with Gasteiger partial charge in [-0.3, -0.25) is 4.79 Å². The average molecular weight is 383 g/mol. The van der Waals surface area contributed by atoms with E-state index >= 15 is 0 Å². The maximum absolute atomic E-state index is 13.0. The van der Waals surface area contributed by atoms with Crippen molar-refractivity contribution in [1.82, 2.24) is 4.90 Å². The van der Waals surface area contributed by atoms with Gasteiger partial charge in [-0.2, -0.15) is 8.42 Å². The van der Waals surface area contributed by atoms with Crippen molar-refractivity contribution in [2.75, 3.05) is 11.9 Å².